The van der Waals surface area contributed by atoms with E-state index in [2.05, 4.69) is 53.2 Å². The van der Waals surface area contributed by atoms with Gasteiger partial charge in [0.15, 0.2) is 0 Å². The third-order valence-corrected chi connectivity index (χ3v) is 4.63. The fourth-order valence-electron chi connectivity index (χ4n) is 2.78. The molecular formula is C17H15IN6O. The highest BCUT2D eigenvalue weighted by atomic mass is 127. The van der Waals surface area contributed by atoms with Crippen LogP contribution in [0.2, 0.25) is 0 Å². The molecule has 0 spiro atoms. The van der Waals surface area contributed by atoms with E-state index >= 15 is 0 Å². The molecule has 0 radical (unpaired) electrons. The second-order valence-electron chi connectivity index (χ2n) is 5.74. The average molecular weight is 446 g/mol. The van der Waals surface area contributed by atoms with Gasteiger partial charge in [-0.1, -0.05) is 0 Å². The maximum Gasteiger partial charge on any atom is 0.228 e. The Hall–Kier alpha value is -2.49. The third-order valence-electron chi connectivity index (χ3n) is 3.96. The third kappa shape index (κ3) is 3.48. The Kier molecular flexibility index (Phi) is 4.35. The second kappa shape index (κ2) is 6.79. The number of carbonyl (C=O) groups excluding carboxylic acids is 1. The highest BCUT2D eigenvalue weighted by Crippen LogP contribution is 2.33. The Morgan fingerprint density at radius 3 is 3.04 bits per heavy atom. The van der Waals surface area contributed by atoms with Crippen LogP contribution in [0.15, 0.2) is 36.9 Å². The molecule has 4 rings (SSSR count). The van der Waals surface area contributed by atoms with Gasteiger partial charge in [-0.15, -0.1) is 0 Å². The van der Waals surface area contributed by atoms with Gasteiger partial charge in [-0.3, -0.25) is 4.79 Å². The van der Waals surface area contributed by atoms with Gasteiger partial charge < -0.3 is 15.6 Å². The molecule has 0 bridgehead atoms. The van der Waals surface area contributed by atoms with Crippen molar-refractivity contribution < 1.29 is 4.79 Å². The molecule has 8 heteroatoms. The van der Waals surface area contributed by atoms with E-state index in [0.29, 0.717) is 12.5 Å². The molecular weight excluding hydrogens is 431 g/mol. The van der Waals surface area contributed by atoms with Crippen LogP contribution in [0.5, 0.6) is 0 Å². The minimum Gasteiger partial charge on any atom is -0.354 e. The van der Waals surface area contributed by atoms with Crippen LogP contribution in [0, 0.1) is 3.57 Å². The molecule has 7 nitrogen and oxygen atoms in total. The van der Waals surface area contributed by atoms with Crippen molar-refractivity contribution in [2.24, 2.45) is 0 Å². The fraction of sp³-hybridized carbons (Fsp3) is 0.176. The van der Waals surface area contributed by atoms with E-state index in [1.54, 1.807) is 18.7 Å². The van der Waals surface area contributed by atoms with Crippen molar-refractivity contribution >= 4 is 40.1 Å². The quantitative estimate of drug-likeness (QED) is 0.536. The van der Waals surface area contributed by atoms with Crippen molar-refractivity contribution in [3.05, 3.63) is 51.7 Å². The van der Waals surface area contributed by atoms with Crippen molar-refractivity contribution in [3.63, 3.8) is 0 Å². The number of hydrogen-bond donors (Lipinski definition) is 3. The topological polar surface area (TPSA) is 95.6 Å². The second-order valence-corrected chi connectivity index (χ2v) is 6.98. The number of nitrogens with one attached hydrogen (secondary N) is 3. The van der Waals surface area contributed by atoms with Crippen LogP contribution >= 0.6 is 22.6 Å². The number of halogens is 1. The normalized spacial score (nSPS) is 12.8. The number of nitrogens with zero attached hydrogens (tertiary/aromatic N) is 3. The Morgan fingerprint density at radius 1 is 1.28 bits per heavy atom. The summed E-state index contributed by atoms with van der Waals surface area (Å²) in [7, 11) is 0. The predicted molar refractivity (Wildman–Crippen MR) is 103 cm³/mol. The van der Waals surface area contributed by atoms with Crippen molar-refractivity contribution in [2.75, 3.05) is 17.2 Å². The molecule has 0 saturated carbocycles. The van der Waals surface area contributed by atoms with Crippen molar-refractivity contribution in [1.29, 1.82) is 0 Å². The molecule has 3 heterocycles. The Morgan fingerprint density at radius 2 is 2.20 bits per heavy atom. The van der Waals surface area contributed by atoms with Crippen LogP contribution in [0.4, 0.5) is 11.6 Å². The van der Waals surface area contributed by atoms with Gasteiger partial charge in [-0.25, -0.2) is 15.0 Å². The molecule has 1 amide bonds. The number of carbonyl (C=O) groups is 1. The van der Waals surface area contributed by atoms with Gasteiger partial charge >= 0.3 is 0 Å². The zero-order valence-electron chi connectivity index (χ0n) is 13.2. The van der Waals surface area contributed by atoms with Crippen LogP contribution in [0.3, 0.4) is 0 Å². The largest absolute Gasteiger partial charge is 0.354 e. The smallest absolute Gasteiger partial charge is 0.228 e. The lowest BCUT2D eigenvalue weighted by atomic mass is 10.1. The summed E-state index contributed by atoms with van der Waals surface area (Å²) in [6, 6.07) is 5.95. The van der Waals surface area contributed by atoms with Crippen LogP contribution in [0.1, 0.15) is 11.3 Å². The molecule has 0 saturated heterocycles. The van der Waals surface area contributed by atoms with E-state index in [4.69, 9.17) is 0 Å². The predicted octanol–water partition coefficient (Wildman–Crippen LogP) is 2.62. The van der Waals surface area contributed by atoms with E-state index in [0.717, 1.165) is 38.2 Å². The number of anilines is 2. The molecule has 126 valence electrons. The first kappa shape index (κ1) is 16.0. The minimum absolute atomic E-state index is 0.0504. The molecule has 1 aliphatic heterocycles. The molecule has 1 aliphatic rings. The Balaban J connectivity index is 1.62. The van der Waals surface area contributed by atoms with Crippen molar-refractivity contribution in [2.45, 2.75) is 12.8 Å². The summed E-state index contributed by atoms with van der Waals surface area (Å²) < 4.78 is 1.06. The number of rotatable bonds is 4. The first-order chi connectivity index (χ1) is 12.2. The number of amides is 1. The zero-order valence-corrected chi connectivity index (χ0v) is 15.4. The lowest BCUT2D eigenvalue weighted by Gasteiger charge is -2.10. The van der Waals surface area contributed by atoms with Crippen molar-refractivity contribution in [3.8, 4) is 11.3 Å². The number of imidazole rings is 1. The summed E-state index contributed by atoms with van der Waals surface area (Å²) >= 11 is 2.23. The van der Waals surface area contributed by atoms with Gasteiger partial charge in [0.25, 0.3) is 0 Å². The molecule has 25 heavy (non-hydrogen) atoms. The van der Waals surface area contributed by atoms with Crippen LogP contribution in [0.25, 0.3) is 11.3 Å². The molecule has 0 fully saturated rings. The average Bonchev–Trinajstić information content (AvgIpc) is 3.05. The van der Waals surface area contributed by atoms with Gasteiger partial charge in [-0.2, -0.15) is 0 Å². The number of benzene rings is 1. The van der Waals surface area contributed by atoms with Crippen molar-refractivity contribution in [1.82, 2.24) is 19.9 Å². The van der Waals surface area contributed by atoms with Gasteiger partial charge in [0.1, 0.15) is 0 Å². The summed E-state index contributed by atoms with van der Waals surface area (Å²) in [4.78, 5) is 28.2. The lowest BCUT2D eigenvalue weighted by Crippen LogP contribution is -2.13. The van der Waals surface area contributed by atoms with E-state index in [1.807, 2.05) is 18.2 Å². The number of H-pyrrole nitrogens is 1. The summed E-state index contributed by atoms with van der Waals surface area (Å²) in [5, 5.41) is 6.18. The van der Waals surface area contributed by atoms with Gasteiger partial charge in [0.2, 0.25) is 11.9 Å². The van der Waals surface area contributed by atoms with Gasteiger partial charge in [0.05, 0.1) is 24.1 Å². The first-order valence-electron chi connectivity index (χ1n) is 7.86. The molecule has 2 aromatic heterocycles. The number of fused-ring (bicyclic) bond motifs is 3. The molecule has 0 atom stereocenters. The SMILES string of the molecule is O=C1Cc2cnc(NCCc3cnc[nH]3)nc2-c2ccc(I)cc2N1. The van der Waals surface area contributed by atoms with Crippen LogP contribution in [-0.4, -0.2) is 32.4 Å². The Labute approximate surface area is 157 Å². The molecule has 3 aromatic rings. The number of aromatic amines is 1. The lowest BCUT2D eigenvalue weighted by molar-refractivity contribution is -0.115. The summed E-state index contributed by atoms with van der Waals surface area (Å²) in [6.45, 7) is 0.692. The number of hydrogen-bond acceptors (Lipinski definition) is 5. The Bertz CT molecular complexity index is 925. The summed E-state index contributed by atoms with van der Waals surface area (Å²) in [5.74, 6) is 0.502. The fourth-order valence-corrected chi connectivity index (χ4v) is 3.27. The van der Waals surface area contributed by atoms with Crippen LogP contribution < -0.4 is 10.6 Å². The van der Waals surface area contributed by atoms with E-state index in [-0.39, 0.29) is 12.3 Å². The first-order valence-corrected chi connectivity index (χ1v) is 8.94. The van der Waals surface area contributed by atoms with Crippen LogP contribution in [-0.2, 0) is 17.6 Å². The summed E-state index contributed by atoms with van der Waals surface area (Å²) in [5.41, 5.74) is 4.38. The van der Waals surface area contributed by atoms with E-state index < -0.39 is 0 Å². The monoisotopic (exact) mass is 446 g/mol. The molecule has 0 unspecified atom stereocenters. The summed E-state index contributed by atoms with van der Waals surface area (Å²) in [6.07, 6.45) is 6.27. The molecule has 0 aliphatic carbocycles. The zero-order chi connectivity index (χ0) is 17.2. The minimum atomic E-state index is -0.0504. The van der Waals surface area contributed by atoms with E-state index in [1.165, 1.54) is 0 Å². The maximum atomic E-state index is 12.1. The standard InChI is InChI=1S/C17H15IN6O/c18-11-1-2-13-14(6-11)23-15(25)5-10-7-21-17(24-16(10)13)20-4-3-12-8-19-9-22-12/h1-2,6-9H,3-5H2,(H,19,22)(H,23,25)(H,20,21,24). The van der Waals surface area contributed by atoms with Gasteiger partial charge in [-0.05, 0) is 40.8 Å². The van der Waals surface area contributed by atoms with E-state index in [9.17, 15) is 4.79 Å². The molecule has 3 N–H and O–H groups in total. The molecule has 1 aromatic carbocycles. The highest BCUT2D eigenvalue weighted by molar-refractivity contribution is 14.1. The van der Waals surface area contributed by atoms with Gasteiger partial charge in [0, 0.05) is 45.8 Å². The highest BCUT2D eigenvalue weighted by Gasteiger charge is 2.21. The number of aromatic nitrogens is 4. The maximum absolute atomic E-state index is 12.1.